The number of aromatic nitrogens is 4. The minimum Gasteiger partial charge on any atom is -0.382 e. The van der Waals surface area contributed by atoms with Gasteiger partial charge in [0.05, 0.1) is 11.6 Å². The lowest BCUT2D eigenvalue weighted by Crippen LogP contribution is -2.44. The summed E-state index contributed by atoms with van der Waals surface area (Å²) in [4.78, 5) is 8.39. The lowest BCUT2D eigenvalue weighted by atomic mass is 9.76. The molecule has 0 radical (unpaired) electrons. The van der Waals surface area contributed by atoms with Gasteiger partial charge in [-0.15, -0.1) is 0 Å². The Balaban J connectivity index is 1.82. The van der Waals surface area contributed by atoms with Crippen LogP contribution in [-0.4, -0.2) is 24.9 Å². The average Bonchev–Trinajstić information content (AvgIpc) is 3.28. The molecule has 0 amide bonds. The predicted molar refractivity (Wildman–Crippen MR) is 90.5 cm³/mol. The van der Waals surface area contributed by atoms with Crippen LogP contribution < -0.4 is 0 Å². The van der Waals surface area contributed by atoms with Gasteiger partial charge in [0.2, 0.25) is 0 Å². The van der Waals surface area contributed by atoms with Gasteiger partial charge in [-0.3, -0.25) is 4.98 Å². The van der Waals surface area contributed by atoms with Gasteiger partial charge in [0, 0.05) is 17.3 Å². The molecule has 1 aliphatic rings. The maximum atomic E-state index is 13.4. The van der Waals surface area contributed by atoms with Crippen LogP contribution in [0, 0.1) is 5.82 Å². The zero-order chi connectivity index (χ0) is 17.5. The van der Waals surface area contributed by atoms with E-state index in [1.54, 1.807) is 35.4 Å². The van der Waals surface area contributed by atoms with Crippen molar-refractivity contribution in [3.63, 3.8) is 0 Å². The highest BCUT2D eigenvalue weighted by molar-refractivity contribution is 6.30. The molecule has 1 fully saturated rings. The Kier molecular flexibility index (Phi) is 3.81. The topological polar surface area (TPSA) is 63.8 Å². The lowest BCUT2D eigenvalue weighted by Gasteiger charge is -2.37. The Labute approximate surface area is 149 Å². The summed E-state index contributed by atoms with van der Waals surface area (Å²) in [6.07, 6.45) is 6.09. The quantitative estimate of drug-likeness (QED) is 0.761. The molecule has 2 aromatic heterocycles. The molecule has 0 spiro atoms. The normalized spacial score (nSPS) is 17.9. The Morgan fingerprint density at radius 2 is 1.96 bits per heavy atom. The first-order chi connectivity index (χ1) is 12.0. The fourth-order valence-electron chi connectivity index (χ4n) is 3.46. The van der Waals surface area contributed by atoms with Crippen molar-refractivity contribution in [2.45, 2.75) is 30.4 Å². The number of nitrogens with zero attached hydrogens (tertiary/aromatic N) is 4. The van der Waals surface area contributed by atoms with E-state index < -0.39 is 11.0 Å². The summed E-state index contributed by atoms with van der Waals surface area (Å²) >= 11 is 5.96. The van der Waals surface area contributed by atoms with E-state index in [1.165, 1.54) is 18.5 Å². The van der Waals surface area contributed by atoms with Crippen molar-refractivity contribution in [1.29, 1.82) is 0 Å². The van der Waals surface area contributed by atoms with Crippen LogP contribution in [0.1, 0.15) is 24.1 Å². The number of aliphatic hydroxyl groups is 1. The second-order valence-corrected chi connectivity index (χ2v) is 6.84. The minimum absolute atomic E-state index is 0.197. The number of halogens is 2. The molecule has 1 saturated carbocycles. The molecule has 5 nitrogen and oxygen atoms in total. The van der Waals surface area contributed by atoms with Crippen LogP contribution in [0.15, 0.2) is 55.2 Å². The van der Waals surface area contributed by atoms with Gasteiger partial charge < -0.3 is 5.11 Å². The van der Waals surface area contributed by atoms with Crippen molar-refractivity contribution in [2.75, 3.05) is 0 Å². The van der Waals surface area contributed by atoms with Crippen LogP contribution in [0.2, 0.25) is 5.02 Å². The maximum absolute atomic E-state index is 13.4. The molecule has 2 heterocycles. The standard InChI is InChI=1S/C18H16ClFN4O/c19-14-3-6-16(22-9-14)17(7-8-17)18(25,10-24-12-21-11-23-24)13-1-4-15(20)5-2-13/h1-6,9,11-12,25H,7-8,10H2. The first-order valence-electron chi connectivity index (χ1n) is 7.96. The number of hydrogen-bond donors (Lipinski definition) is 1. The third-order valence-corrected chi connectivity index (χ3v) is 5.16. The molecule has 1 N–H and O–H groups in total. The molecule has 128 valence electrons. The monoisotopic (exact) mass is 358 g/mol. The number of pyridine rings is 1. The van der Waals surface area contributed by atoms with Crippen molar-refractivity contribution in [1.82, 2.24) is 19.7 Å². The smallest absolute Gasteiger partial charge is 0.137 e. The fraction of sp³-hybridized carbons (Fsp3) is 0.278. The summed E-state index contributed by atoms with van der Waals surface area (Å²) in [5.74, 6) is -0.346. The van der Waals surface area contributed by atoms with E-state index in [0.29, 0.717) is 10.6 Å². The molecule has 7 heteroatoms. The van der Waals surface area contributed by atoms with Crippen LogP contribution in [0.5, 0.6) is 0 Å². The molecule has 1 aliphatic carbocycles. The molecule has 0 aliphatic heterocycles. The van der Waals surface area contributed by atoms with Crippen LogP contribution in [0.4, 0.5) is 4.39 Å². The zero-order valence-electron chi connectivity index (χ0n) is 13.3. The van der Waals surface area contributed by atoms with Crippen LogP contribution in [0.25, 0.3) is 0 Å². The van der Waals surface area contributed by atoms with Gasteiger partial charge in [0.15, 0.2) is 0 Å². The largest absolute Gasteiger partial charge is 0.382 e. The zero-order valence-corrected chi connectivity index (χ0v) is 14.1. The molecule has 1 aromatic carbocycles. The second kappa shape index (κ2) is 5.89. The van der Waals surface area contributed by atoms with Gasteiger partial charge in [-0.05, 0) is 42.7 Å². The molecule has 1 unspecified atom stereocenters. The molecular weight excluding hydrogens is 343 g/mol. The summed E-state index contributed by atoms with van der Waals surface area (Å²) in [6, 6.07) is 9.54. The van der Waals surface area contributed by atoms with Crippen molar-refractivity contribution < 1.29 is 9.50 Å². The Morgan fingerprint density at radius 3 is 2.52 bits per heavy atom. The highest BCUT2D eigenvalue weighted by Gasteiger charge is 2.61. The van der Waals surface area contributed by atoms with Crippen molar-refractivity contribution in [3.8, 4) is 0 Å². The predicted octanol–water partition coefficient (Wildman–Crippen LogP) is 3.09. The summed E-state index contributed by atoms with van der Waals surface area (Å²) in [5.41, 5.74) is -0.473. The second-order valence-electron chi connectivity index (χ2n) is 6.40. The first kappa shape index (κ1) is 16.2. The van der Waals surface area contributed by atoms with Crippen molar-refractivity contribution >= 4 is 11.6 Å². The Bertz CT molecular complexity index is 863. The summed E-state index contributed by atoms with van der Waals surface area (Å²) in [6.45, 7) is 0.197. The molecule has 1 atom stereocenters. The van der Waals surface area contributed by atoms with Crippen molar-refractivity contribution in [3.05, 3.63) is 77.3 Å². The third-order valence-electron chi connectivity index (χ3n) is 4.94. The van der Waals surface area contributed by atoms with Gasteiger partial charge in [-0.1, -0.05) is 23.7 Å². The fourth-order valence-corrected chi connectivity index (χ4v) is 3.57. The summed E-state index contributed by atoms with van der Waals surface area (Å²) < 4.78 is 15.0. The molecule has 3 aromatic rings. The Morgan fingerprint density at radius 1 is 1.20 bits per heavy atom. The van der Waals surface area contributed by atoms with E-state index in [-0.39, 0.29) is 12.4 Å². The van der Waals surface area contributed by atoms with Crippen LogP contribution in [-0.2, 0) is 17.6 Å². The lowest BCUT2D eigenvalue weighted by molar-refractivity contribution is -0.0260. The van der Waals surface area contributed by atoms with Gasteiger partial charge in [0.1, 0.15) is 24.1 Å². The van der Waals surface area contributed by atoms with E-state index >= 15 is 0 Å². The van der Waals surface area contributed by atoms with E-state index in [9.17, 15) is 9.50 Å². The Hall–Kier alpha value is -2.31. The van der Waals surface area contributed by atoms with E-state index in [2.05, 4.69) is 15.1 Å². The van der Waals surface area contributed by atoms with E-state index in [1.807, 2.05) is 6.07 Å². The van der Waals surface area contributed by atoms with Crippen LogP contribution in [0.3, 0.4) is 0 Å². The summed E-state index contributed by atoms with van der Waals surface area (Å²) in [7, 11) is 0. The average molecular weight is 359 g/mol. The number of benzene rings is 1. The highest BCUT2D eigenvalue weighted by atomic mass is 35.5. The summed E-state index contributed by atoms with van der Waals surface area (Å²) in [5, 5.41) is 16.4. The number of hydrogen-bond acceptors (Lipinski definition) is 4. The molecule has 4 rings (SSSR count). The highest BCUT2D eigenvalue weighted by Crippen LogP contribution is 2.59. The van der Waals surface area contributed by atoms with Crippen molar-refractivity contribution in [2.24, 2.45) is 0 Å². The molecule has 25 heavy (non-hydrogen) atoms. The first-order valence-corrected chi connectivity index (χ1v) is 8.34. The van der Waals surface area contributed by atoms with Gasteiger partial charge in [0.25, 0.3) is 0 Å². The number of rotatable bonds is 5. The van der Waals surface area contributed by atoms with Crippen LogP contribution >= 0.6 is 11.6 Å². The minimum atomic E-state index is -1.30. The SMILES string of the molecule is OC(Cn1cncn1)(c1ccc(F)cc1)C1(c2ccc(Cl)cn2)CC1. The molecule has 0 bridgehead atoms. The third kappa shape index (κ3) is 2.71. The molecular formula is C18H16ClFN4O. The van der Waals surface area contributed by atoms with E-state index in [0.717, 1.165) is 18.5 Å². The van der Waals surface area contributed by atoms with Gasteiger partial charge in [-0.25, -0.2) is 14.1 Å². The van der Waals surface area contributed by atoms with Gasteiger partial charge >= 0.3 is 0 Å². The molecule has 0 saturated heterocycles. The van der Waals surface area contributed by atoms with E-state index in [4.69, 9.17) is 11.6 Å². The van der Waals surface area contributed by atoms with Gasteiger partial charge in [-0.2, -0.15) is 5.10 Å². The maximum Gasteiger partial charge on any atom is 0.137 e.